The molecule has 0 spiro atoms. The molecule has 0 aromatic carbocycles. The third-order valence-electron chi connectivity index (χ3n) is 3.56. The molecule has 5 heteroatoms. The lowest BCUT2D eigenvalue weighted by atomic mass is 10.2. The minimum absolute atomic E-state index is 0.499. The summed E-state index contributed by atoms with van der Waals surface area (Å²) in [5, 5.41) is 8.13. The van der Waals surface area contributed by atoms with Gasteiger partial charge in [0, 0.05) is 49.3 Å². The smallest absolute Gasteiger partial charge is 0.0945 e. The van der Waals surface area contributed by atoms with Crippen LogP contribution in [0, 0.1) is 13.8 Å². The van der Waals surface area contributed by atoms with E-state index in [9.17, 15) is 0 Å². The molecule has 2 aromatic heterocycles. The minimum atomic E-state index is 0.499. The van der Waals surface area contributed by atoms with Crippen LogP contribution in [0.1, 0.15) is 37.2 Å². The molecule has 0 aliphatic heterocycles. The molecule has 0 unspecified atom stereocenters. The summed E-state index contributed by atoms with van der Waals surface area (Å²) in [7, 11) is 0. The normalized spacial score (nSPS) is 11.4. The van der Waals surface area contributed by atoms with Crippen molar-refractivity contribution in [1.29, 1.82) is 0 Å². The molecule has 0 amide bonds. The van der Waals surface area contributed by atoms with Crippen LogP contribution < -0.4 is 5.32 Å². The van der Waals surface area contributed by atoms with E-state index in [-0.39, 0.29) is 0 Å². The molecule has 2 heterocycles. The van der Waals surface area contributed by atoms with Crippen LogP contribution in [0.4, 0.5) is 0 Å². The number of rotatable bonds is 7. The summed E-state index contributed by atoms with van der Waals surface area (Å²) in [6.45, 7) is 11.4. The van der Waals surface area contributed by atoms with Gasteiger partial charge in [0.2, 0.25) is 0 Å². The van der Waals surface area contributed by atoms with Crippen molar-refractivity contribution in [2.24, 2.45) is 0 Å². The van der Waals surface area contributed by atoms with Crippen LogP contribution in [0.2, 0.25) is 0 Å². The van der Waals surface area contributed by atoms with Gasteiger partial charge in [0.1, 0.15) is 0 Å². The predicted molar refractivity (Wildman–Crippen MR) is 80.5 cm³/mol. The zero-order valence-corrected chi connectivity index (χ0v) is 12.9. The van der Waals surface area contributed by atoms with E-state index in [2.05, 4.69) is 52.3 Å². The molecule has 2 aromatic rings. The number of aromatic nitrogens is 4. The zero-order chi connectivity index (χ0) is 14.5. The minimum Gasteiger partial charge on any atom is -0.337 e. The van der Waals surface area contributed by atoms with E-state index in [1.165, 1.54) is 11.3 Å². The standard InChI is InChI=1S/C15H25N5/c1-12(2)17-10-15-13(3)18-20(14(15)4)8-5-7-19-9-6-16-11-19/h6,9,11-12,17H,5,7-8,10H2,1-4H3. The first-order chi connectivity index (χ1) is 9.58. The molecule has 5 nitrogen and oxygen atoms in total. The van der Waals surface area contributed by atoms with Crippen molar-refractivity contribution in [3.8, 4) is 0 Å². The predicted octanol–water partition coefficient (Wildman–Crippen LogP) is 2.28. The summed E-state index contributed by atoms with van der Waals surface area (Å²) >= 11 is 0. The van der Waals surface area contributed by atoms with Crippen molar-refractivity contribution in [3.63, 3.8) is 0 Å². The Labute approximate surface area is 121 Å². The third kappa shape index (κ3) is 3.70. The topological polar surface area (TPSA) is 47.7 Å². The van der Waals surface area contributed by atoms with E-state index in [1.54, 1.807) is 0 Å². The van der Waals surface area contributed by atoms with E-state index in [0.717, 1.165) is 31.7 Å². The molecule has 20 heavy (non-hydrogen) atoms. The lowest BCUT2D eigenvalue weighted by Gasteiger charge is -2.09. The van der Waals surface area contributed by atoms with Crippen LogP contribution in [0.25, 0.3) is 0 Å². The second-order valence-corrected chi connectivity index (χ2v) is 5.56. The lowest BCUT2D eigenvalue weighted by molar-refractivity contribution is 0.515. The van der Waals surface area contributed by atoms with E-state index >= 15 is 0 Å². The van der Waals surface area contributed by atoms with Gasteiger partial charge < -0.3 is 9.88 Å². The second-order valence-electron chi connectivity index (χ2n) is 5.56. The Morgan fingerprint density at radius 2 is 2.05 bits per heavy atom. The van der Waals surface area contributed by atoms with E-state index in [4.69, 9.17) is 0 Å². The molecule has 0 saturated heterocycles. The maximum atomic E-state index is 4.66. The van der Waals surface area contributed by atoms with Gasteiger partial charge in [-0.05, 0) is 20.3 Å². The monoisotopic (exact) mass is 275 g/mol. The molecule has 0 aliphatic carbocycles. The average molecular weight is 275 g/mol. The fourth-order valence-electron chi connectivity index (χ4n) is 2.34. The Morgan fingerprint density at radius 3 is 2.70 bits per heavy atom. The maximum Gasteiger partial charge on any atom is 0.0945 e. The van der Waals surface area contributed by atoms with E-state index < -0.39 is 0 Å². The number of hydrogen-bond donors (Lipinski definition) is 1. The van der Waals surface area contributed by atoms with Gasteiger partial charge in [0.05, 0.1) is 12.0 Å². The van der Waals surface area contributed by atoms with Gasteiger partial charge in [-0.1, -0.05) is 13.8 Å². The summed E-state index contributed by atoms with van der Waals surface area (Å²) in [6.07, 6.45) is 6.74. The first-order valence-electron chi connectivity index (χ1n) is 7.30. The van der Waals surface area contributed by atoms with Crippen LogP contribution in [0.3, 0.4) is 0 Å². The molecule has 0 aliphatic rings. The Hall–Kier alpha value is -1.62. The number of aryl methyl sites for hydroxylation is 3. The molecule has 1 N–H and O–H groups in total. The van der Waals surface area contributed by atoms with Crippen molar-refractivity contribution in [2.75, 3.05) is 0 Å². The van der Waals surface area contributed by atoms with Crippen LogP contribution in [-0.4, -0.2) is 25.4 Å². The Kier molecular flexibility index (Phi) is 4.95. The number of hydrogen-bond acceptors (Lipinski definition) is 3. The average Bonchev–Trinajstić information content (AvgIpc) is 2.98. The molecule has 110 valence electrons. The van der Waals surface area contributed by atoms with Gasteiger partial charge in [0.15, 0.2) is 0 Å². The molecule has 0 atom stereocenters. The van der Waals surface area contributed by atoms with Crippen molar-refractivity contribution in [3.05, 3.63) is 35.7 Å². The first-order valence-corrected chi connectivity index (χ1v) is 7.30. The van der Waals surface area contributed by atoms with Crippen LogP contribution in [0.15, 0.2) is 18.7 Å². The molecule has 0 saturated carbocycles. The highest BCUT2D eigenvalue weighted by atomic mass is 15.3. The Bertz CT molecular complexity index is 525. The van der Waals surface area contributed by atoms with Crippen LogP contribution in [-0.2, 0) is 19.6 Å². The zero-order valence-electron chi connectivity index (χ0n) is 12.9. The molecule has 0 fully saturated rings. The summed E-state index contributed by atoms with van der Waals surface area (Å²) in [5.74, 6) is 0. The van der Waals surface area contributed by atoms with Crippen LogP contribution in [0.5, 0.6) is 0 Å². The molecular formula is C15H25N5. The van der Waals surface area contributed by atoms with E-state index in [0.29, 0.717) is 6.04 Å². The summed E-state index contributed by atoms with van der Waals surface area (Å²) in [5.41, 5.74) is 3.75. The summed E-state index contributed by atoms with van der Waals surface area (Å²) in [6, 6.07) is 0.499. The highest BCUT2D eigenvalue weighted by molar-refractivity contribution is 5.24. The first kappa shape index (κ1) is 14.8. The van der Waals surface area contributed by atoms with Gasteiger partial charge in [-0.15, -0.1) is 0 Å². The largest absolute Gasteiger partial charge is 0.337 e. The summed E-state index contributed by atoms with van der Waals surface area (Å²) < 4.78 is 4.23. The summed E-state index contributed by atoms with van der Waals surface area (Å²) in [4.78, 5) is 4.06. The van der Waals surface area contributed by atoms with Gasteiger partial charge in [-0.25, -0.2) is 4.98 Å². The van der Waals surface area contributed by atoms with E-state index in [1.807, 2.05) is 18.7 Å². The highest BCUT2D eigenvalue weighted by Crippen LogP contribution is 2.13. The maximum absolute atomic E-state index is 4.66. The van der Waals surface area contributed by atoms with Gasteiger partial charge in [0.25, 0.3) is 0 Å². The number of imidazole rings is 1. The molecule has 2 rings (SSSR count). The lowest BCUT2D eigenvalue weighted by Crippen LogP contribution is -2.22. The van der Waals surface area contributed by atoms with Gasteiger partial charge >= 0.3 is 0 Å². The SMILES string of the molecule is Cc1nn(CCCn2ccnc2)c(C)c1CNC(C)C. The Morgan fingerprint density at radius 1 is 1.25 bits per heavy atom. The fourth-order valence-corrected chi connectivity index (χ4v) is 2.34. The number of nitrogens with zero attached hydrogens (tertiary/aromatic N) is 4. The molecule has 0 bridgehead atoms. The molecular weight excluding hydrogens is 250 g/mol. The van der Waals surface area contributed by atoms with Crippen LogP contribution >= 0.6 is 0 Å². The van der Waals surface area contributed by atoms with Crippen molar-refractivity contribution in [2.45, 2.75) is 59.8 Å². The quantitative estimate of drug-likeness (QED) is 0.843. The highest BCUT2D eigenvalue weighted by Gasteiger charge is 2.11. The van der Waals surface area contributed by atoms with Gasteiger partial charge in [-0.2, -0.15) is 5.10 Å². The van der Waals surface area contributed by atoms with Crippen molar-refractivity contribution >= 4 is 0 Å². The molecule has 0 radical (unpaired) electrons. The second kappa shape index (κ2) is 6.70. The van der Waals surface area contributed by atoms with Crippen molar-refractivity contribution in [1.82, 2.24) is 24.6 Å². The van der Waals surface area contributed by atoms with Crippen molar-refractivity contribution < 1.29 is 0 Å². The van der Waals surface area contributed by atoms with Gasteiger partial charge in [-0.3, -0.25) is 4.68 Å². The number of nitrogens with one attached hydrogen (secondary N) is 1. The third-order valence-corrected chi connectivity index (χ3v) is 3.56. The Balaban J connectivity index is 1.93. The fraction of sp³-hybridized carbons (Fsp3) is 0.600.